The quantitative estimate of drug-likeness (QED) is 0.762. The summed E-state index contributed by atoms with van der Waals surface area (Å²) in [5.74, 6) is -0.984. The van der Waals surface area contributed by atoms with Crippen molar-refractivity contribution in [2.45, 2.75) is 26.4 Å². The lowest BCUT2D eigenvalue weighted by Crippen LogP contribution is -2.26. The molecule has 3 rings (SSSR count). The fraction of sp³-hybridized carbons (Fsp3) is 0.222. The molecule has 6 nitrogen and oxygen atoms in total. The molecule has 0 aliphatic rings. The molecule has 0 radical (unpaired) electrons. The van der Waals surface area contributed by atoms with Crippen LogP contribution >= 0.6 is 0 Å². The van der Waals surface area contributed by atoms with Gasteiger partial charge < -0.3 is 5.32 Å². The highest BCUT2D eigenvalue weighted by atomic mass is 19.1. The van der Waals surface area contributed by atoms with Crippen LogP contribution in [0.4, 0.5) is 8.78 Å². The van der Waals surface area contributed by atoms with Gasteiger partial charge in [0, 0.05) is 11.6 Å². The summed E-state index contributed by atoms with van der Waals surface area (Å²) in [6, 6.07) is 9.65. The number of carbonyl (C=O) groups is 1. The number of tetrazole rings is 1. The molecule has 0 bridgehead atoms. The Kier molecular flexibility index (Phi) is 5.01. The molecule has 0 aliphatic heterocycles. The van der Waals surface area contributed by atoms with E-state index in [1.54, 1.807) is 30.7 Å². The van der Waals surface area contributed by atoms with Crippen molar-refractivity contribution in [1.29, 1.82) is 0 Å². The Morgan fingerprint density at radius 3 is 2.38 bits per heavy atom. The number of benzene rings is 2. The van der Waals surface area contributed by atoms with Gasteiger partial charge in [0.2, 0.25) is 0 Å². The van der Waals surface area contributed by atoms with Crippen LogP contribution in [0, 0.1) is 18.6 Å². The van der Waals surface area contributed by atoms with Gasteiger partial charge in [0.15, 0.2) is 0 Å². The van der Waals surface area contributed by atoms with Gasteiger partial charge >= 0.3 is 0 Å². The van der Waals surface area contributed by atoms with Crippen LogP contribution in [0.15, 0.2) is 42.5 Å². The van der Waals surface area contributed by atoms with E-state index < -0.39 is 17.7 Å². The Morgan fingerprint density at radius 2 is 1.81 bits per heavy atom. The first-order valence-corrected chi connectivity index (χ1v) is 8.01. The fourth-order valence-corrected chi connectivity index (χ4v) is 2.52. The topological polar surface area (TPSA) is 72.7 Å². The van der Waals surface area contributed by atoms with Crippen LogP contribution in [0.5, 0.6) is 0 Å². The zero-order valence-electron chi connectivity index (χ0n) is 14.3. The van der Waals surface area contributed by atoms with Crippen molar-refractivity contribution in [2.24, 2.45) is 0 Å². The molecular formula is C18H17F2N5O. The second kappa shape index (κ2) is 7.38. The molecule has 0 aliphatic carbocycles. The number of carbonyl (C=O) groups excluding carboxylic acids is 1. The molecule has 1 aromatic heterocycles. The Hall–Kier alpha value is -3.16. The summed E-state index contributed by atoms with van der Waals surface area (Å²) in [5, 5.41) is 14.0. The molecule has 8 heteroatoms. The van der Waals surface area contributed by atoms with Crippen LogP contribution in [-0.2, 0) is 6.54 Å². The molecule has 1 amide bonds. The van der Waals surface area contributed by atoms with Crippen LogP contribution in [0.3, 0.4) is 0 Å². The minimum atomic E-state index is -0.677. The van der Waals surface area contributed by atoms with Crippen LogP contribution < -0.4 is 5.32 Å². The van der Waals surface area contributed by atoms with Gasteiger partial charge in [0.05, 0.1) is 12.6 Å². The molecule has 0 saturated carbocycles. The lowest BCUT2D eigenvalue weighted by molar-refractivity contribution is 0.0939. The third-order valence-corrected chi connectivity index (χ3v) is 3.99. The van der Waals surface area contributed by atoms with E-state index in [4.69, 9.17) is 0 Å². The number of hydrogen-bond acceptors (Lipinski definition) is 4. The number of halogens is 2. The first kappa shape index (κ1) is 17.7. The Morgan fingerprint density at radius 1 is 1.15 bits per heavy atom. The largest absolute Gasteiger partial charge is 0.346 e. The average Bonchev–Trinajstić information content (AvgIpc) is 2.99. The van der Waals surface area contributed by atoms with E-state index in [-0.39, 0.29) is 5.91 Å². The second-order valence-corrected chi connectivity index (χ2v) is 5.98. The highest BCUT2D eigenvalue weighted by Gasteiger charge is 2.13. The van der Waals surface area contributed by atoms with Crippen LogP contribution in [0.25, 0.3) is 0 Å². The Bertz CT molecular complexity index is 903. The zero-order chi connectivity index (χ0) is 18.7. The molecule has 26 heavy (non-hydrogen) atoms. The number of nitrogens with zero attached hydrogens (tertiary/aromatic N) is 4. The molecule has 0 spiro atoms. The first-order chi connectivity index (χ1) is 12.4. The van der Waals surface area contributed by atoms with Crippen molar-refractivity contribution in [2.75, 3.05) is 0 Å². The average molecular weight is 357 g/mol. The third-order valence-electron chi connectivity index (χ3n) is 3.99. The van der Waals surface area contributed by atoms with E-state index in [0.717, 1.165) is 11.6 Å². The van der Waals surface area contributed by atoms with Crippen LogP contribution in [0.1, 0.15) is 40.3 Å². The molecule has 1 atom stereocenters. The second-order valence-electron chi connectivity index (χ2n) is 5.98. The summed E-state index contributed by atoms with van der Waals surface area (Å²) in [6.45, 7) is 3.97. The van der Waals surface area contributed by atoms with E-state index in [0.29, 0.717) is 23.5 Å². The number of hydrogen-bond donors (Lipinski definition) is 1. The number of aryl methyl sites for hydroxylation is 1. The van der Waals surface area contributed by atoms with E-state index >= 15 is 0 Å². The lowest BCUT2D eigenvalue weighted by Gasteiger charge is -2.15. The highest BCUT2D eigenvalue weighted by molar-refractivity contribution is 5.94. The number of rotatable bonds is 5. The van der Waals surface area contributed by atoms with E-state index in [1.807, 2.05) is 12.1 Å². The summed E-state index contributed by atoms with van der Waals surface area (Å²) in [7, 11) is 0. The Labute approximate surface area is 148 Å². The number of nitrogens with one attached hydrogen (secondary N) is 1. The first-order valence-electron chi connectivity index (χ1n) is 8.01. The van der Waals surface area contributed by atoms with Gasteiger partial charge in [0.1, 0.15) is 17.5 Å². The minimum Gasteiger partial charge on any atom is -0.346 e. The normalized spacial score (nSPS) is 12.0. The van der Waals surface area contributed by atoms with E-state index in [1.165, 1.54) is 12.1 Å². The van der Waals surface area contributed by atoms with Crippen molar-refractivity contribution in [3.8, 4) is 0 Å². The summed E-state index contributed by atoms with van der Waals surface area (Å²) >= 11 is 0. The maximum absolute atomic E-state index is 13.3. The Balaban J connectivity index is 1.67. The SMILES string of the molecule is Cc1nnnn1Cc1ccc(C(=O)N[C@@H](C)c2cc(F)cc(F)c2)cc1. The third kappa shape index (κ3) is 4.08. The van der Waals surface area contributed by atoms with Crippen molar-refractivity contribution in [3.05, 3.63) is 76.6 Å². The van der Waals surface area contributed by atoms with Crippen molar-refractivity contribution in [3.63, 3.8) is 0 Å². The standard InChI is InChI=1S/C18H17F2N5O/c1-11(15-7-16(19)9-17(20)8-15)21-18(26)14-5-3-13(4-6-14)10-25-12(2)22-23-24-25/h3-9,11H,10H2,1-2H3,(H,21,26)/t11-/m0/s1. The summed E-state index contributed by atoms with van der Waals surface area (Å²) in [5.41, 5.74) is 1.75. The smallest absolute Gasteiger partial charge is 0.251 e. The zero-order valence-corrected chi connectivity index (χ0v) is 14.3. The van der Waals surface area contributed by atoms with Gasteiger partial charge in [-0.25, -0.2) is 13.5 Å². The van der Waals surface area contributed by atoms with Crippen molar-refractivity contribution < 1.29 is 13.6 Å². The molecule has 2 aromatic carbocycles. The molecule has 3 aromatic rings. The fourth-order valence-electron chi connectivity index (χ4n) is 2.52. The van der Waals surface area contributed by atoms with Crippen molar-refractivity contribution >= 4 is 5.91 Å². The van der Waals surface area contributed by atoms with Gasteiger partial charge in [-0.2, -0.15) is 0 Å². The summed E-state index contributed by atoms with van der Waals surface area (Å²) in [6.07, 6.45) is 0. The van der Waals surface area contributed by atoms with Crippen LogP contribution in [0.2, 0.25) is 0 Å². The molecule has 0 saturated heterocycles. The molecule has 0 fully saturated rings. The maximum atomic E-state index is 13.3. The molecule has 1 N–H and O–H groups in total. The molecule has 134 valence electrons. The summed E-state index contributed by atoms with van der Waals surface area (Å²) < 4.78 is 28.3. The maximum Gasteiger partial charge on any atom is 0.251 e. The van der Waals surface area contributed by atoms with Gasteiger partial charge in [-0.05, 0) is 59.7 Å². The predicted octanol–water partition coefficient (Wildman–Crippen LogP) is 2.80. The lowest BCUT2D eigenvalue weighted by atomic mass is 10.1. The van der Waals surface area contributed by atoms with Gasteiger partial charge in [-0.15, -0.1) is 5.10 Å². The predicted molar refractivity (Wildman–Crippen MR) is 90.3 cm³/mol. The van der Waals surface area contributed by atoms with Gasteiger partial charge in [-0.3, -0.25) is 4.79 Å². The molecular weight excluding hydrogens is 340 g/mol. The molecule has 1 heterocycles. The van der Waals surface area contributed by atoms with E-state index in [9.17, 15) is 13.6 Å². The highest BCUT2D eigenvalue weighted by Crippen LogP contribution is 2.17. The summed E-state index contributed by atoms with van der Waals surface area (Å²) in [4.78, 5) is 12.3. The van der Waals surface area contributed by atoms with Crippen molar-refractivity contribution in [1.82, 2.24) is 25.5 Å². The number of aromatic nitrogens is 4. The van der Waals surface area contributed by atoms with Gasteiger partial charge in [0.25, 0.3) is 5.91 Å². The number of amides is 1. The van der Waals surface area contributed by atoms with Gasteiger partial charge in [-0.1, -0.05) is 12.1 Å². The molecule has 0 unspecified atom stereocenters. The minimum absolute atomic E-state index is 0.327. The van der Waals surface area contributed by atoms with Crippen LogP contribution in [-0.4, -0.2) is 26.1 Å². The monoisotopic (exact) mass is 357 g/mol. The van der Waals surface area contributed by atoms with E-state index in [2.05, 4.69) is 20.8 Å².